The minimum absolute atomic E-state index is 0.0696. The number of rotatable bonds is 6. The lowest BCUT2D eigenvalue weighted by atomic mass is 10.1. The number of nitrogens with two attached hydrogens (primary N) is 1. The van der Waals surface area contributed by atoms with Crippen molar-refractivity contribution in [3.63, 3.8) is 0 Å². The van der Waals surface area contributed by atoms with Crippen LogP contribution in [0.3, 0.4) is 0 Å². The molecule has 30 heavy (non-hydrogen) atoms. The Kier molecular flexibility index (Phi) is 5.18. The fourth-order valence-electron chi connectivity index (χ4n) is 3.63. The number of imidazole rings is 1. The molecule has 160 valence electrons. The molecule has 1 saturated heterocycles. The summed E-state index contributed by atoms with van der Waals surface area (Å²) < 4.78 is 39.0. The highest BCUT2D eigenvalue weighted by Gasteiger charge is 2.42. The summed E-state index contributed by atoms with van der Waals surface area (Å²) in [6.45, 7) is 2.92. The molecular formula is C19H21F2N5O4. The molecular weight excluding hydrogens is 400 g/mol. The lowest BCUT2D eigenvalue weighted by molar-refractivity contribution is -0.116. The Morgan fingerprint density at radius 3 is 2.90 bits per heavy atom. The first-order chi connectivity index (χ1) is 14.4. The lowest BCUT2D eigenvalue weighted by Crippen LogP contribution is -2.38. The minimum Gasteiger partial charge on any atom is -0.491 e. The number of fused-ring (bicyclic) bond motifs is 3. The van der Waals surface area contributed by atoms with E-state index in [-0.39, 0.29) is 19.0 Å². The lowest BCUT2D eigenvalue weighted by Gasteiger charge is -2.22. The van der Waals surface area contributed by atoms with Crippen molar-refractivity contribution in [3.8, 4) is 17.1 Å². The van der Waals surface area contributed by atoms with Crippen LogP contribution in [0.2, 0.25) is 0 Å². The maximum absolute atomic E-state index is 13.3. The Hall–Kier alpha value is -3.37. The molecule has 4 rings (SSSR count). The van der Waals surface area contributed by atoms with Crippen LogP contribution in [0.25, 0.3) is 11.4 Å². The van der Waals surface area contributed by atoms with Crippen molar-refractivity contribution in [1.29, 1.82) is 0 Å². The van der Waals surface area contributed by atoms with E-state index in [1.807, 2.05) is 17.9 Å². The number of primary amides is 1. The van der Waals surface area contributed by atoms with Crippen LogP contribution < -0.4 is 20.3 Å². The summed E-state index contributed by atoms with van der Waals surface area (Å²) in [6.07, 6.45) is -2.04. The van der Waals surface area contributed by atoms with Crippen LogP contribution in [0, 0.1) is 0 Å². The zero-order chi connectivity index (χ0) is 21.4. The van der Waals surface area contributed by atoms with E-state index in [4.69, 9.17) is 15.2 Å². The van der Waals surface area contributed by atoms with Crippen molar-refractivity contribution in [2.45, 2.75) is 25.9 Å². The predicted molar refractivity (Wildman–Crippen MR) is 104 cm³/mol. The van der Waals surface area contributed by atoms with Crippen LogP contribution in [0.15, 0.2) is 24.4 Å². The number of alkyl halides is 2. The van der Waals surface area contributed by atoms with E-state index in [1.54, 1.807) is 22.9 Å². The summed E-state index contributed by atoms with van der Waals surface area (Å²) in [6, 6.07) is 4.01. The molecule has 2 N–H and O–H groups in total. The Bertz CT molecular complexity index is 980. The normalized spacial score (nSPS) is 17.8. The number of carbonyl (C=O) groups is 2. The van der Waals surface area contributed by atoms with Crippen molar-refractivity contribution >= 4 is 23.5 Å². The topological polar surface area (TPSA) is 103 Å². The van der Waals surface area contributed by atoms with Gasteiger partial charge in [-0.3, -0.25) is 4.79 Å². The number of hydrogen-bond donors (Lipinski definition) is 1. The molecule has 3 heterocycles. The van der Waals surface area contributed by atoms with Crippen molar-refractivity contribution in [3.05, 3.63) is 24.4 Å². The second-order valence-corrected chi connectivity index (χ2v) is 6.97. The zero-order valence-corrected chi connectivity index (χ0v) is 16.3. The third kappa shape index (κ3) is 3.51. The van der Waals surface area contributed by atoms with Crippen molar-refractivity contribution < 1.29 is 27.8 Å². The van der Waals surface area contributed by atoms with Gasteiger partial charge in [-0.15, -0.1) is 0 Å². The number of likely N-dealkylation sites (N-methyl/N-ethyl adjacent to an activating group) is 1. The number of benzene rings is 1. The zero-order valence-electron chi connectivity index (χ0n) is 16.3. The average molecular weight is 421 g/mol. The Balaban J connectivity index is 1.71. The first kappa shape index (κ1) is 19.9. The van der Waals surface area contributed by atoms with Gasteiger partial charge < -0.3 is 24.7 Å². The van der Waals surface area contributed by atoms with Gasteiger partial charge >= 0.3 is 6.09 Å². The second-order valence-electron chi connectivity index (χ2n) is 6.97. The molecule has 2 amide bonds. The number of amides is 2. The van der Waals surface area contributed by atoms with Crippen LogP contribution in [0.4, 0.5) is 25.1 Å². The van der Waals surface area contributed by atoms with Crippen molar-refractivity contribution in [2.24, 2.45) is 5.73 Å². The first-order valence-corrected chi connectivity index (χ1v) is 9.50. The summed E-state index contributed by atoms with van der Waals surface area (Å²) in [5.74, 6) is 0.702. The van der Waals surface area contributed by atoms with Gasteiger partial charge in [-0.25, -0.2) is 23.5 Å². The molecule has 1 aromatic heterocycles. The molecule has 0 saturated carbocycles. The Morgan fingerprint density at radius 2 is 2.20 bits per heavy atom. The number of hydrogen-bond acceptors (Lipinski definition) is 6. The quantitative estimate of drug-likeness (QED) is 0.764. The fourth-order valence-corrected chi connectivity index (χ4v) is 3.63. The van der Waals surface area contributed by atoms with Gasteiger partial charge in [0.15, 0.2) is 5.82 Å². The van der Waals surface area contributed by atoms with E-state index >= 15 is 0 Å². The van der Waals surface area contributed by atoms with E-state index in [2.05, 4.69) is 4.98 Å². The molecule has 2 aliphatic rings. The summed E-state index contributed by atoms with van der Waals surface area (Å²) >= 11 is 0. The van der Waals surface area contributed by atoms with Crippen LogP contribution in [0.5, 0.6) is 5.75 Å². The molecule has 0 spiro atoms. The van der Waals surface area contributed by atoms with Gasteiger partial charge in [0.1, 0.15) is 30.8 Å². The van der Waals surface area contributed by atoms with Crippen LogP contribution >= 0.6 is 0 Å². The molecule has 2 aliphatic heterocycles. The molecule has 0 radical (unpaired) electrons. The fraction of sp³-hybridized carbons (Fsp3) is 0.421. The molecule has 1 unspecified atom stereocenters. The Morgan fingerprint density at radius 1 is 1.40 bits per heavy atom. The van der Waals surface area contributed by atoms with Gasteiger partial charge in [0, 0.05) is 24.5 Å². The summed E-state index contributed by atoms with van der Waals surface area (Å²) in [5, 5.41) is 0. The molecule has 11 heteroatoms. The van der Waals surface area contributed by atoms with Gasteiger partial charge in [-0.2, -0.15) is 0 Å². The highest BCUT2D eigenvalue weighted by Crippen LogP contribution is 2.37. The first-order valence-electron chi connectivity index (χ1n) is 9.50. The van der Waals surface area contributed by atoms with Crippen LogP contribution in [-0.4, -0.2) is 60.3 Å². The molecule has 2 aromatic rings. The third-order valence-corrected chi connectivity index (χ3v) is 5.10. The number of cyclic esters (lactones) is 1. The van der Waals surface area contributed by atoms with E-state index in [1.165, 1.54) is 0 Å². The highest BCUT2D eigenvalue weighted by atomic mass is 19.3. The number of anilines is 2. The predicted octanol–water partition coefficient (Wildman–Crippen LogP) is 1.84. The number of nitrogens with zero attached hydrogens (tertiary/aromatic N) is 4. The summed E-state index contributed by atoms with van der Waals surface area (Å²) in [5.41, 5.74) is 6.73. The SMILES string of the molecule is CCN(CC(N)=O)c1ccc2c(c1)OCCn1cc(N3C(=O)OCC3C(F)F)nc1-2. The monoisotopic (exact) mass is 421 g/mol. The molecule has 1 atom stereocenters. The standard InChI is InChI=1S/C19H21F2N5O4/c1-2-24(8-15(22)27)11-3-4-12-14(7-11)29-6-5-25-9-16(23-18(12)25)26-13(17(20)21)10-30-19(26)28/h3-4,7,9,13,17H,2,5-6,8,10H2,1H3,(H2,22,27). The largest absolute Gasteiger partial charge is 0.491 e. The van der Waals surface area contributed by atoms with Gasteiger partial charge in [0.05, 0.1) is 18.7 Å². The molecule has 0 aliphatic carbocycles. The smallest absolute Gasteiger partial charge is 0.416 e. The summed E-state index contributed by atoms with van der Waals surface area (Å²) in [4.78, 5) is 30.5. The molecule has 0 bridgehead atoms. The van der Waals surface area contributed by atoms with Gasteiger partial charge in [0.25, 0.3) is 6.43 Å². The number of ether oxygens (including phenoxy) is 2. The number of carbonyl (C=O) groups excluding carboxylic acids is 2. The number of aromatic nitrogens is 2. The summed E-state index contributed by atoms with van der Waals surface area (Å²) in [7, 11) is 0. The number of halogens is 2. The highest BCUT2D eigenvalue weighted by molar-refractivity contribution is 5.89. The van der Waals surface area contributed by atoms with E-state index in [0.717, 1.165) is 10.6 Å². The average Bonchev–Trinajstić information content (AvgIpc) is 3.25. The minimum atomic E-state index is -2.75. The maximum atomic E-state index is 13.3. The van der Waals surface area contributed by atoms with Crippen molar-refractivity contribution in [2.75, 3.05) is 36.1 Å². The van der Waals surface area contributed by atoms with E-state index in [9.17, 15) is 18.4 Å². The van der Waals surface area contributed by atoms with Crippen molar-refractivity contribution in [1.82, 2.24) is 9.55 Å². The third-order valence-electron chi connectivity index (χ3n) is 5.10. The molecule has 1 fully saturated rings. The van der Waals surface area contributed by atoms with E-state index < -0.39 is 24.5 Å². The van der Waals surface area contributed by atoms with Gasteiger partial charge in [-0.1, -0.05) is 0 Å². The second kappa shape index (κ2) is 7.81. The van der Waals surface area contributed by atoms with Crippen LogP contribution in [-0.2, 0) is 16.1 Å². The Labute approximate surface area is 171 Å². The molecule has 9 nitrogen and oxygen atoms in total. The molecule has 1 aromatic carbocycles. The van der Waals surface area contributed by atoms with Gasteiger partial charge in [-0.05, 0) is 19.1 Å². The van der Waals surface area contributed by atoms with E-state index in [0.29, 0.717) is 36.8 Å². The van der Waals surface area contributed by atoms with Gasteiger partial charge in [0.2, 0.25) is 5.91 Å². The van der Waals surface area contributed by atoms with Crippen LogP contribution in [0.1, 0.15) is 6.92 Å². The maximum Gasteiger partial charge on any atom is 0.416 e.